The average molecular weight is 422 g/mol. The molecule has 1 rings (SSSR count). The summed E-state index contributed by atoms with van der Waals surface area (Å²) in [7, 11) is 1.31. The molecule has 0 N–H and O–H groups in total. The molecule has 29 heavy (non-hydrogen) atoms. The third kappa shape index (κ3) is 8.60. The Bertz CT molecular complexity index is 702. The number of amides is 1. The van der Waals surface area contributed by atoms with Crippen LogP contribution in [-0.4, -0.2) is 36.4 Å². The second kappa shape index (κ2) is 13.4. The number of methoxy groups -OCH3 is 1. The zero-order chi connectivity index (χ0) is 21.8. The molecule has 1 amide bonds. The molecule has 0 aromatic heterocycles. The molecule has 0 saturated carbocycles. The van der Waals surface area contributed by atoms with E-state index in [1.54, 1.807) is 0 Å². The Morgan fingerprint density at radius 2 is 1.59 bits per heavy atom. The van der Waals surface area contributed by atoms with Gasteiger partial charge in [-0.3, -0.25) is 19.3 Å². The van der Waals surface area contributed by atoms with Crippen LogP contribution in [0.2, 0.25) is 0 Å². The first-order valence-corrected chi connectivity index (χ1v) is 11.4. The molecule has 0 aliphatic heterocycles. The molecule has 0 spiro atoms. The Morgan fingerprint density at radius 1 is 0.966 bits per heavy atom. The predicted molar refractivity (Wildman–Crippen MR) is 120 cm³/mol. The minimum Gasteiger partial charge on any atom is -0.468 e. The number of unbranched alkanes of at least 4 members (excludes halogenated alkanes) is 5. The van der Waals surface area contributed by atoms with E-state index in [9.17, 15) is 14.4 Å². The molecule has 6 heteroatoms. The number of thioether (sulfide) groups is 1. The Morgan fingerprint density at radius 3 is 2.24 bits per heavy atom. The van der Waals surface area contributed by atoms with E-state index in [0.717, 1.165) is 53.4 Å². The first-order chi connectivity index (χ1) is 13.8. The number of hydrogen-bond acceptors (Lipinski definition) is 5. The molecule has 5 nitrogen and oxygen atoms in total. The van der Waals surface area contributed by atoms with Gasteiger partial charge in [-0.15, -0.1) is 0 Å². The van der Waals surface area contributed by atoms with Crippen molar-refractivity contribution in [3.05, 3.63) is 28.8 Å². The lowest BCUT2D eigenvalue weighted by atomic mass is 10.0. The van der Waals surface area contributed by atoms with Gasteiger partial charge < -0.3 is 4.74 Å². The minimum absolute atomic E-state index is 0.0263. The average Bonchev–Trinajstić information content (AvgIpc) is 2.70. The summed E-state index contributed by atoms with van der Waals surface area (Å²) >= 11 is 1.04. The summed E-state index contributed by atoms with van der Waals surface area (Å²) in [5, 5.41) is 0.0320. The SMILES string of the molecule is CCCCCCCCC(=O)SCC(=O)N(CC(=O)OC)c1c(C)ccc(C)c1C. The van der Waals surface area contributed by atoms with Crippen molar-refractivity contribution in [3.63, 3.8) is 0 Å². The maximum atomic E-state index is 12.9. The van der Waals surface area contributed by atoms with E-state index in [1.807, 2.05) is 32.9 Å². The number of rotatable bonds is 12. The van der Waals surface area contributed by atoms with Gasteiger partial charge in [0.1, 0.15) is 6.54 Å². The molecular formula is C23H35NO4S. The van der Waals surface area contributed by atoms with Crippen LogP contribution in [0.5, 0.6) is 0 Å². The van der Waals surface area contributed by atoms with Crippen LogP contribution in [-0.2, 0) is 19.1 Å². The summed E-state index contributed by atoms with van der Waals surface area (Å²) in [5.41, 5.74) is 3.63. The summed E-state index contributed by atoms with van der Waals surface area (Å²) in [5.74, 6) is -0.714. The van der Waals surface area contributed by atoms with Gasteiger partial charge in [0.25, 0.3) is 0 Å². The number of anilines is 1. The molecule has 1 aromatic rings. The van der Waals surface area contributed by atoms with Crippen molar-refractivity contribution in [1.82, 2.24) is 0 Å². The number of aryl methyl sites for hydroxylation is 2. The fourth-order valence-electron chi connectivity index (χ4n) is 3.18. The highest BCUT2D eigenvalue weighted by atomic mass is 32.2. The van der Waals surface area contributed by atoms with Crippen molar-refractivity contribution in [2.45, 2.75) is 72.6 Å². The summed E-state index contributed by atoms with van der Waals surface area (Å²) in [4.78, 5) is 38.4. The van der Waals surface area contributed by atoms with Crippen LogP contribution in [0, 0.1) is 20.8 Å². The standard InChI is InChI=1S/C23H35NO4S/c1-6-7-8-9-10-11-12-22(27)29-16-20(25)24(15-21(26)28-5)23-18(3)14-13-17(2)19(23)4/h13-14H,6-12,15-16H2,1-5H3. The van der Waals surface area contributed by atoms with Crippen molar-refractivity contribution < 1.29 is 19.1 Å². The largest absolute Gasteiger partial charge is 0.468 e. The summed E-state index contributed by atoms with van der Waals surface area (Å²) < 4.78 is 4.77. The Balaban J connectivity index is 2.71. The van der Waals surface area contributed by atoms with Crippen LogP contribution < -0.4 is 4.90 Å². The van der Waals surface area contributed by atoms with E-state index < -0.39 is 5.97 Å². The Labute approximate surface area is 179 Å². The fraction of sp³-hybridized carbons (Fsp3) is 0.609. The molecule has 0 aliphatic carbocycles. The molecule has 1 aromatic carbocycles. The summed E-state index contributed by atoms with van der Waals surface area (Å²) in [6.45, 7) is 7.84. The van der Waals surface area contributed by atoms with Gasteiger partial charge in [0.05, 0.1) is 18.6 Å². The lowest BCUT2D eigenvalue weighted by Crippen LogP contribution is -2.38. The van der Waals surface area contributed by atoms with Gasteiger partial charge in [0.15, 0.2) is 5.12 Å². The second-order valence-corrected chi connectivity index (χ2v) is 8.44. The van der Waals surface area contributed by atoms with Crippen LogP contribution in [0.15, 0.2) is 12.1 Å². The second-order valence-electron chi connectivity index (χ2n) is 7.41. The molecule has 0 radical (unpaired) electrons. The Hall–Kier alpha value is -1.82. The molecule has 0 saturated heterocycles. The normalized spacial score (nSPS) is 10.7. The van der Waals surface area contributed by atoms with Gasteiger partial charge in [0.2, 0.25) is 5.91 Å². The lowest BCUT2D eigenvalue weighted by molar-refractivity contribution is -0.139. The number of benzene rings is 1. The van der Waals surface area contributed by atoms with Crippen LogP contribution in [0.4, 0.5) is 5.69 Å². The van der Waals surface area contributed by atoms with E-state index >= 15 is 0 Å². The van der Waals surface area contributed by atoms with Crippen molar-refractivity contribution in [2.75, 3.05) is 24.3 Å². The van der Waals surface area contributed by atoms with E-state index in [4.69, 9.17) is 4.74 Å². The van der Waals surface area contributed by atoms with E-state index in [1.165, 1.54) is 31.3 Å². The van der Waals surface area contributed by atoms with Crippen LogP contribution in [0.25, 0.3) is 0 Å². The molecule has 0 atom stereocenters. The fourth-order valence-corrected chi connectivity index (χ4v) is 3.91. The van der Waals surface area contributed by atoms with Crippen LogP contribution in [0.1, 0.15) is 68.6 Å². The van der Waals surface area contributed by atoms with Crippen molar-refractivity contribution >= 4 is 34.4 Å². The first kappa shape index (κ1) is 25.2. The van der Waals surface area contributed by atoms with Gasteiger partial charge >= 0.3 is 5.97 Å². The lowest BCUT2D eigenvalue weighted by Gasteiger charge is -2.26. The van der Waals surface area contributed by atoms with Crippen molar-refractivity contribution in [1.29, 1.82) is 0 Å². The number of esters is 1. The van der Waals surface area contributed by atoms with E-state index in [0.29, 0.717) is 6.42 Å². The topological polar surface area (TPSA) is 63.7 Å². The minimum atomic E-state index is -0.484. The van der Waals surface area contributed by atoms with Crippen molar-refractivity contribution in [2.24, 2.45) is 0 Å². The van der Waals surface area contributed by atoms with Gasteiger partial charge in [-0.1, -0.05) is 62.9 Å². The van der Waals surface area contributed by atoms with Gasteiger partial charge in [-0.2, -0.15) is 0 Å². The van der Waals surface area contributed by atoms with Crippen molar-refractivity contribution in [3.8, 4) is 0 Å². The highest BCUT2D eigenvalue weighted by molar-refractivity contribution is 8.14. The smallest absolute Gasteiger partial charge is 0.325 e. The first-order valence-electron chi connectivity index (χ1n) is 10.4. The molecule has 162 valence electrons. The van der Waals surface area contributed by atoms with Gasteiger partial charge in [-0.25, -0.2) is 0 Å². The molecule has 0 heterocycles. The quantitative estimate of drug-likeness (QED) is 0.346. The zero-order valence-corrected chi connectivity index (χ0v) is 19.3. The molecule has 0 unspecified atom stereocenters. The number of ether oxygens (including phenoxy) is 1. The maximum Gasteiger partial charge on any atom is 0.325 e. The monoisotopic (exact) mass is 421 g/mol. The number of hydrogen-bond donors (Lipinski definition) is 0. The number of carbonyl (C=O) groups is 3. The zero-order valence-electron chi connectivity index (χ0n) is 18.5. The molecule has 0 aliphatic rings. The third-order valence-corrected chi connectivity index (χ3v) is 6.00. The van der Waals surface area contributed by atoms with Crippen LogP contribution in [0.3, 0.4) is 0 Å². The number of carbonyl (C=O) groups excluding carboxylic acids is 3. The molecule has 0 fully saturated rings. The number of nitrogens with zero attached hydrogens (tertiary/aromatic N) is 1. The maximum absolute atomic E-state index is 12.9. The highest BCUT2D eigenvalue weighted by Crippen LogP contribution is 2.28. The molecule has 0 bridgehead atoms. The highest BCUT2D eigenvalue weighted by Gasteiger charge is 2.24. The summed E-state index contributed by atoms with van der Waals surface area (Å²) in [6, 6.07) is 3.93. The molecular weight excluding hydrogens is 386 g/mol. The summed E-state index contributed by atoms with van der Waals surface area (Å²) in [6.07, 6.45) is 7.23. The third-order valence-electron chi connectivity index (χ3n) is 5.08. The van der Waals surface area contributed by atoms with Crippen LogP contribution >= 0.6 is 11.8 Å². The van der Waals surface area contributed by atoms with Gasteiger partial charge in [0, 0.05) is 6.42 Å². The van der Waals surface area contributed by atoms with E-state index in [2.05, 4.69) is 6.92 Å². The van der Waals surface area contributed by atoms with Gasteiger partial charge in [-0.05, 0) is 43.9 Å². The Kier molecular flexibility index (Phi) is 11.7. The van der Waals surface area contributed by atoms with E-state index in [-0.39, 0.29) is 23.3 Å². The predicted octanol–water partition coefficient (Wildman–Crippen LogP) is 5.13.